The fraction of sp³-hybridized carbons (Fsp3) is 0.667. The number of hydrogen-bond donors (Lipinski definition) is 0. The van der Waals surface area contributed by atoms with Gasteiger partial charge in [0.25, 0.3) is 0 Å². The molecule has 1 unspecified atom stereocenters. The van der Waals surface area contributed by atoms with E-state index in [2.05, 4.69) is 10.1 Å². The molecule has 1 aromatic rings. The van der Waals surface area contributed by atoms with Crippen molar-refractivity contribution in [3.8, 4) is 0 Å². The Bertz CT molecular complexity index is 281. The Morgan fingerprint density at radius 2 is 2.46 bits per heavy atom. The normalized spacial score (nSPS) is 23.4. The molecule has 0 aromatic carbocycles. The van der Waals surface area contributed by atoms with Gasteiger partial charge in [-0.1, -0.05) is 6.42 Å². The summed E-state index contributed by atoms with van der Waals surface area (Å²) in [7, 11) is 0. The summed E-state index contributed by atoms with van der Waals surface area (Å²) in [6.07, 6.45) is 7.17. The van der Waals surface area contributed by atoms with Crippen LogP contribution in [0.1, 0.15) is 25.7 Å². The Kier molecular flexibility index (Phi) is 2.38. The lowest BCUT2D eigenvalue weighted by Crippen LogP contribution is -2.24. The number of hydrogen-bond acceptors (Lipinski definition) is 3. The standard InChI is InChI=1S/C9H13N3O/c13-9-4-2-1-3-8(9)5-12-7-10-6-11-12/h6-8H,1-5H2. The van der Waals surface area contributed by atoms with Crippen molar-refractivity contribution in [2.75, 3.05) is 0 Å². The van der Waals surface area contributed by atoms with E-state index in [9.17, 15) is 4.79 Å². The van der Waals surface area contributed by atoms with Crippen molar-refractivity contribution in [3.05, 3.63) is 12.7 Å². The quantitative estimate of drug-likeness (QED) is 0.681. The molecule has 1 aliphatic rings. The molecule has 0 aliphatic heterocycles. The number of rotatable bonds is 2. The number of aromatic nitrogens is 3. The average Bonchev–Trinajstić information content (AvgIpc) is 2.61. The number of carbonyl (C=O) groups is 1. The highest BCUT2D eigenvalue weighted by Gasteiger charge is 2.22. The van der Waals surface area contributed by atoms with Gasteiger partial charge in [0.2, 0.25) is 0 Å². The zero-order chi connectivity index (χ0) is 9.10. The number of Topliss-reactive ketones (excluding diaryl/α,β-unsaturated/α-hetero) is 1. The van der Waals surface area contributed by atoms with Gasteiger partial charge in [0.1, 0.15) is 18.4 Å². The van der Waals surface area contributed by atoms with Crippen LogP contribution in [0.3, 0.4) is 0 Å². The summed E-state index contributed by atoms with van der Waals surface area (Å²) in [5, 5.41) is 4.00. The van der Waals surface area contributed by atoms with E-state index in [4.69, 9.17) is 0 Å². The molecular formula is C9H13N3O. The molecule has 1 saturated carbocycles. The summed E-state index contributed by atoms with van der Waals surface area (Å²) >= 11 is 0. The first kappa shape index (κ1) is 8.41. The average molecular weight is 179 g/mol. The molecule has 2 rings (SSSR count). The molecule has 0 amide bonds. The molecule has 0 N–H and O–H groups in total. The van der Waals surface area contributed by atoms with Gasteiger partial charge in [-0.05, 0) is 12.8 Å². The zero-order valence-corrected chi connectivity index (χ0v) is 7.52. The van der Waals surface area contributed by atoms with Crippen molar-refractivity contribution in [3.63, 3.8) is 0 Å². The van der Waals surface area contributed by atoms with Crippen molar-refractivity contribution < 1.29 is 4.79 Å². The van der Waals surface area contributed by atoms with Crippen molar-refractivity contribution in [2.24, 2.45) is 5.92 Å². The van der Waals surface area contributed by atoms with Gasteiger partial charge < -0.3 is 0 Å². The Morgan fingerprint density at radius 1 is 1.54 bits per heavy atom. The SMILES string of the molecule is O=C1CCCCC1Cn1cncn1. The zero-order valence-electron chi connectivity index (χ0n) is 7.52. The van der Waals surface area contributed by atoms with Crippen molar-refractivity contribution in [1.82, 2.24) is 14.8 Å². The van der Waals surface area contributed by atoms with Gasteiger partial charge >= 0.3 is 0 Å². The van der Waals surface area contributed by atoms with Crippen LogP contribution in [0.2, 0.25) is 0 Å². The Morgan fingerprint density at radius 3 is 3.15 bits per heavy atom. The molecule has 0 bridgehead atoms. The van der Waals surface area contributed by atoms with E-state index in [1.807, 2.05) is 0 Å². The predicted octanol–water partition coefficient (Wildman–Crippen LogP) is 1.04. The molecule has 1 heterocycles. The van der Waals surface area contributed by atoms with Crippen molar-refractivity contribution >= 4 is 5.78 Å². The Hall–Kier alpha value is -1.19. The smallest absolute Gasteiger partial charge is 0.137 e. The van der Waals surface area contributed by atoms with E-state index in [1.165, 1.54) is 12.7 Å². The molecule has 1 aliphatic carbocycles. The van der Waals surface area contributed by atoms with Crippen LogP contribution in [0.15, 0.2) is 12.7 Å². The molecule has 1 atom stereocenters. The third kappa shape index (κ3) is 1.94. The lowest BCUT2D eigenvalue weighted by Gasteiger charge is -2.19. The minimum Gasteiger partial charge on any atom is -0.299 e. The lowest BCUT2D eigenvalue weighted by molar-refractivity contribution is -0.125. The van der Waals surface area contributed by atoms with Gasteiger partial charge in [-0.25, -0.2) is 4.98 Å². The fourth-order valence-electron chi connectivity index (χ4n) is 1.80. The first-order chi connectivity index (χ1) is 6.36. The third-order valence-electron chi connectivity index (χ3n) is 2.56. The van der Waals surface area contributed by atoms with Crippen LogP contribution in [0, 0.1) is 5.92 Å². The van der Waals surface area contributed by atoms with Gasteiger partial charge in [0.05, 0.1) is 6.54 Å². The largest absolute Gasteiger partial charge is 0.299 e. The van der Waals surface area contributed by atoms with Crippen molar-refractivity contribution in [2.45, 2.75) is 32.2 Å². The molecule has 1 aromatic heterocycles. The fourth-order valence-corrected chi connectivity index (χ4v) is 1.80. The van der Waals surface area contributed by atoms with Gasteiger partial charge in [-0.3, -0.25) is 9.48 Å². The Labute approximate surface area is 77.0 Å². The minimum absolute atomic E-state index is 0.176. The molecule has 70 valence electrons. The molecule has 4 nitrogen and oxygen atoms in total. The second-order valence-corrected chi connectivity index (χ2v) is 3.53. The molecule has 0 saturated heterocycles. The highest BCUT2D eigenvalue weighted by atomic mass is 16.1. The molecule has 0 spiro atoms. The van der Waals surface area contributed by atoms with Gasteiger partial charge in [0.15, 0.2) is 0 Å². The van der Waals surface area contributed by atoms with E-state index >= 15 is 0 Å². The number of ketones is 1. The van der Waals surface area contributed by atoms with E-state index in [-0.39, 0.29) is 5.92 Å². The molecule has 0 radical (unpaired) electrons. The molecule has 13 heavy (non-hydrogen) atoms. The van der Waals surface area contributed by atoms with Crippen LogP contribution < -0.4 is 0 Å². The summed E-state index contributed by atoms with van der Waals surface area (Å²) in [5.74, 6) is 0.567. The van der Waals surface area contributed by atoms with Crippen LogP contribution in [-0.2, 0) is 11.3 Å². The minimum atomic E-state index is 0.176. The maximum Gasteiger partial charge on any atom is 0.137 e. The first-order valence-corrected chi connectivity index (χ1v) is 4.71. The number of carbonyl (C=O) groups excluding carboxylic acids is 1. The summed E-state index contributed by atoms with van der Waals surface area (Å²) in [6, 6.07) is 0. The highest BCUT2D eigenvalue weighted by Crippen LogP contribution is 2.21. The molecule has 1 fully saturated rings. The highest BCUT2D eigenvalue weighted by molar-refractivity contribution is 5.81. The maximum absolute atomic E-state index is 11.5. The molecular weight excluding hydrogens is 166 g/mol. The van der Waals surface area contributed by atoms with Crippen molar-refractivity contribution in [1.29, 1.82) is 0 Å². The van der Waals surface area contributed by atoms with E-state index in [0.29, 0.717) is 12.3 Å². The van der Waals surface area contributed by atoms with E-state index in [0.717, 1.165) is 19.3 Å². The third-order valence-corrected chi connectivity index (χ3v) is 2.56. The predicted molar refractivity (Wildman–Crippen MR) is 47.0 cm³/mol. The van der Waals surface area contributed by atoms with Gasteiger partial charge in [0, 0.05) is 12.3 Å². The van der Waals surface area contributed by atoms with Crippen LogP contribution in [0.5, 0.6) is 0 Å². The summed E-state index contributed by atoms with van der Waals surface area (Å²) in [5.41, 5.74) is 0. The first-order valence-electron chi connectivity index (χ1n) is 4.71. The van der Waals surface area contributed by atoms with Crippen LogP contribution >= 0.6 is 0 Å². The second-order valence-electron chi connectivity index (χ2n) is 3.53. The van der Waals surface area contributed by atoms with E-state index in [1.54, 1.807) is 11.0 Å². The monoisotopic (exact) mass is 179 g/mol. The second kappa shape index (κ2) is 3.68. The van der Waals surface area contributed by atoms with Gasteiger partial charge in [-0.15, -0.1) is 0 Å². The Balaban J connectivity index is 1.97. The van der Waals surface area contributed by atoms with Crippen LogP contribution in [0.25, 0.3) is 0 Å². The lowest BCUT2D eigenvalue weighted by atomic mass is 9.88. The van der Waals surface area contributed by atoms with Gasteiger partial charge in [-0.2, -0.15) is 5.10 Å². The van der Waals surface area contributed by atoms with Crippen LogP contribution in [0.4, 0.5) is 0 Å². The summed E-state index contributed by atoms with van der Waals surface area (Å²) in [6.45, 7) is 0.707. The number of nitrogens with zero attached hydrogens (tertiary/aromatic N) is 3. The van der Waals surface area contributed by atoms with Crippen LogP contribution in [-0.4, -0.2) is 20.5 Å². The molecule has 4 heteroatoms. The maximum atomic E-state index is 11.5. The topological polar surface area (TPSA) is 47.8 Å². The summed E-state index contributed by atoms with van der Waals surface area (Å²) in [4.78, 5) is 15.3. The van der Waals surface area contributed by atoms with E-state index < -0.39 is 0 Å². The summed E-state index contributed by atoms with van der Waals surface area (Å²) < 4.78 is 1.74.